The Labute approximate surface area is 215 Å². The molecular weight excluding hydrogens is 490 g/mol. The maximum Gasteiger partial charge on any atom is 0.277 e. The zero-order valence-corrected chi connectivity index (χ0v) is 21.6. The van der Waals surface area contributed by atoms with Crippen LogP contribution in [0.25, 0.3) is 5.69 Å². The highest BCUT2D eigenvalue weighted by atomic mass is 32.2. The molecule has 8 nitrogen and oxygen atoms in total. The maximum absolute atomic E-state index is 13.8. The van der Waals surface area contributed by atoms with Gasteiger partial charge < -0.3 is 5.11 Å². The van der Waals surface area contributed by atoms with Crippen LogP contribution in [0.5, 0.6) is 5.88 Å². The van der Waals surface area contributed by atoms with E-state index in [-0.39, 0.29) is 10.5 Å². The van der Waals surface area contributed by atoms with Crippen molar-refractivity contribution in [2.45, 2.75) is 55.4 Å². The second-order valence-electron chi connectivity index (χ2n) is 8.70. The van der Waals surface area contributed by atoms with E-state index in [4.69, 9.17) is 0 Å². The van der Waals surface area contributed by atoms with Gasteiger partial charge in [0.25, 0.3) is 11.1 Å². The van der Waals surface area contributed by atoms with Crippen LogP contribution < -0.4 is 11.1 Å². The lowest BCUT2D eigenvalue weighted by molar-refractivity contribution is 0.406. The van der Waals surface area contributed by atoms with E-state index < -0.39 is 32.2 Å². The number of aryl methyl sites for hydroxylation is 1. The van der Waals surface area contributed by atoms with Crippen LogP contribution in [0.1, 0.15) is 50.5 Å². The molecule has 0 bridgehead atoms. The van der Waals surface area contributed by atoms with Gasteiger partial charge in [-0.3, -0.25) is 18.7 Å². The lowest BCUT2D eigenvalue weighted by Gasteiger charge is -2.23. The van der Waals surface area contributed by atoms with Crippen molar-refractivity contribution in [3.63, 3.8) is 0 Å². The number of unbranched alkanes of at least 4 members (excludes halogenated alkanes) is 1. The summed E-state index contributed by atoms with van der Waals surface area (Å²) in [5.41, 5.74) is 0.238. The molecule has 0 amide bonds. The normalized spacial score (nSPS) is 12.4. The minimum Gasteiger partial charge on any atom is -0.492 e. The summed E-state index contributed by atoms with van der Waals surface area (Å²) in [5, 5.41) is 10.7. The molecule has 0 saturated heterocycles. The molecule has 0 saturated carbocycles. The molecule has 2 heterocycles. The lowest BCUT2D eigenvalue weighted by atomic mass is 10.0. The van der Waals surface area contributed by atoms with Crippen LogP contribution in [-0.2, 0) is 16.3 Å². The van der Waals surface area contributed by atoms with Crippen molar-refractivity contribution < 1.29 is 13.5 Å². The fourth-order valence-corrected chi connectivity index (χ4v) is 5.75. The van der Waals surface area contributed by atoms with Gasteiger partial charge in [0.1, 0.15) is 5.82 Å². The molecule has 2 aromatic heterocycles. The van der Waals surface area contributed by atoms with Gasteiger partial charge in [-0.25, -0.2) is 8.42 Å². The topological polar surface area (TPSA) is 111 Å². The van der Waals surface area contributed by atoms with E-state index in [1.165, 1.54) is 39.5 Å². The van der Waals surface area contributed by atoms with Crippen molar-refractivity contribution in [3.05, 3.63) is 111 Å². The monoisotopic (exact) mass is 519 g/mol. The van der Waals surface area contributed by atoms with Gasteiger partial charge in [0.2, 0.25) is 15.7 Å². The molecule has 2 aromatic carbocycles. The molecule has 0 fully saturated rings. The summed E-state index contributed by atoms with van der Waals surface area (Å²) < 4.78 is 30.1. The van der Waals surface area contributed by atoms with Crippen molar-refractivity contribution in [3.8, 4) is 11.6 Å². The predicted molar refractivity (Wildman–Crippen MR) is 141 cm³/mol. The molecule has 1 N–H and O–H groups in total. The molecule has 37 heavy (non-hydrogen) atoms. The second kappa shape index (κ2) is 11.0. The number of benzene rings is 2. The molecule has 0 aliphatic rings. The average Bonchev–Trinajstić information content (AvgIpc) is 2.90. The van der Waals surface area contributed by atoms with Crippen LogP contribution >= 0.6 is 0 Å². The molecule has 1 atom stereocenters. The third-order valence-corrected chi connectivity index (χ3v) is 8.07. The molecule has 9 heteroatoms. The highest BCUT2D eigenvalue weighted by Crippen LogP contribution is 2.29. The average molecular weight is 520 g/mol. The van der Waals surface area contributed by atoms with E-state index in [2.05, 4.69) is 4.98 Å². The lowest BCUT2D eigenvalue weighted by Crippen LogP contribution is -2.33. The quantitative estimate of drug-likeness (QED) is 0.353. The van der Waals surface area contributed by atoms with E-state index in [0.29, 0.717) is 24.4 Å². The first-order valence-electron chi connectivity index (χ1n) is 12.2. The third kappa shape index (κ3) is 5.13. The van der Waals surface area contributed by atoms with E-state index in [0.717, 1.165) is 18.4 Å². The molecule has 0 aliphatic heterocycles. The fraction of sp³-hybridized carbons (Fsp3) is 0.250. The Morgan fingerprint density at radius 2 is 1.59 bits per heavy atom. The smallest absolute Gasteiger partial charge is 0.277 e. The first kappa shape index (κ1) is 26.1. The molecule has 4 aromatic rings. The molecule has 0 spiro atoms. The SMILES string of the molecule is CCCCc1nc(O)c(S(=O)(=O)c2ccc(-n3ccccc3=O)cc2)c(=O)n1[C@@H](CC)c1ccccc1. The molecule has 4 rings (SSSR count). The van der Waals surface area contributed by atoms with Crippen molar-refractivity contribution in [1.82, 2.24) is 14.1 Å². The van der Waals surface area contributed by atoms with Gasteiger partial charge in [-0.05, 0) is 48.7 Å². The Kier molecular flexibility index (Phi) is 7.73. The molecule has 192 valence electrons. The Morgan fingerprint density at radius 1 is 0.919 bits per heavy atom. The zero-order chi connectivity index (χ0) is 26.6. The van der Waals surface area contributed by atoms with Crippen molar-refractivity contribution in [2.24, 2.45) is 0 Å². The number of pyridine rings is 1. The minimum absolute atomic E-state index is 0.185. The summed E-state index contributed by atoms with van der Waals surface area (Å²) in [6, 6.07) is 19.2. The van der Waals surface area contributed by atoms with Crippen molar-refractivity contribution >= 4 is 9.84 Å². The van der Waals surface area contributed by atoms with E-state index >= 15 is 0 Å². The van der Waals surface area contributed by atoms with Gasteiger partial charge in [0.15, 0.2) is 4.90 Å². The number of nitrogens with zero attached hydrogens (tertiary/aromatic N) is 3. The van der Waals surface area contributed by atoms with Gasteiger partial charge in [-0.2, -0.15) is 4.98 Å². The van der Waals surface area contributed by atoms with Gasteiger partial charge >= 0.3 is 0 Å². The Hall–Kier alpha value is -3.98. The highest BCUT2D eigenvalue weighted by Gasteiger charge is 2.31. The van der Waals surface area contributed by atoms with E-state index in [1.54, 1.807) is 18.3 Å². The van der Waals surface area contributed by atoms with Crippen LogP contribution in [0.15, 0.2) is 98.4 Å². The molecule has 0 aliphatic carbocycles. The fourth-order valence-electron chi connectivity index (χ4n) is 4.40. The molecular formula is C28H29N3O5S. The molecule has 0 radical (unpaired) electrons. The van der Waals surface area contributed by atoms with Crippen molar-refractivity contribution in [1.29, 1.82) is 0 Å². The highest BCUT2D eigenvalue weighted by molar-refractivity contribution is 7.91. The van der Waals surface area contributed by atoms with Gasteiger partial charge in [-0.1, -0.05) is 56.7 Å². The summed E-state index contributed by atoms with van der Waals surface area (Å²) in [6.45, 7) is 3.92. The summed E-state index contributed by atoms with van der Waals surface area (Å²) in [6.07, 6.45) is 4.09. The standard InChI is InChI=1S/C28H29N3O5S/c1-3-5-13-24-29-27(33)26(28(34)31(24)23(4-2)20-11-7-6-8-12-20)37(35,36)22-17-15-21(16-18-22)30-19-10-9-14-25(30)32/h6-12,14-19,23,33H,3-5,13H2,1-2H3/t23-/m0/s1. The predicted octanol–water partition coefficient (Wildman–Crippen LogP) is 4.27. The maximum atomic E-state index is 13.8. The van der Waals surface area contributed by atoms with E-state index in [1.807, 2.05) is 44.2 Å². The summed E-state index contributed by atoms with van der Waals surface area (Å²) >= 11 is 0. The minimum atomic E-state index is -4.43. The van der Waals surface area contributed by atoms with Crippen LogP contribution in [0.3, 0.4) is 0 Å². The van der Waals surface area contributed by atoms with Crippen LogP contribution in [0, 0.1) is 0 Å². The van der Waals surface area contributed by atoms with E-state index in [9.17, 15) is 23.1 Å². The first-order valence-corrected chi connectivity index (χ1v) is 13.7. The number of hydrogen-bond donors (Lipinski definition) is 1. The largest absolute Gasteiger partial charge is 0.492 e. The molecule has 0 unspecified atom stereocenters. The van der Waals surface area contributed by atoms with Gasteiger partial charge in [0, 0.05) is 24.4 Å². The van der Waals surface area contributed by atoms with Crippen molar-refractivity contribution in [2.75, 3.05) is 0 Å². The van der Waals surface area contributed by atoms with Gasteiger partial charge in [-0.15, -0.1) is 0 Å². The first-order chi connectivity index (χ1) is 17.8. The second-order valence-corrected chi connectivity index (χ2v) is 10.6. The zero-order valence-electron chi connectivity index (χ0n) is 20.7. The summed E-state index contributed by atoms with van der Waals surface area (Å²) in [5.74, 6) is -0.462. The number of aromatic hydroxyl groups is 1. The number of rotatable bonds is 9. The summed E-state index contributed by atoms with van der Waals surface area (Å²) in [7, 11) is -4.43. The third-order valence-electron chi connectivity index (χ3n) is 6.28. The van der Waals surface area contributed by atoms with Crippen LogP contribution in [-0.4, -0.2) is 27.6 Å². The Bertz CT molecular complexity index is 1610. The van der Waals surface area contributed by atoms with Gasteiger partial charge in [0.05, 0.1) is 10.9 Å². The number of aromatic nitrogens is 3. The number of hydrogen-bond acceptors (Lipinski definition) is 6. The summed E-state index contributed by atoms with van der Waals surface area (Å²) in [4.78, 5) is 29.2. The number of sulfone groups is 1. The van der Waals surface area contributed by atoms with Crippen LogP contribution in [0.2, 0.25) is 0 Å². The Balaban J connectivity index is 1.87. The van der Waals surface area contributed by atoms with Crippen LogP contribution in [0.4, 0.5) is 0 Å². The Morgan fingerprint density at radius 3 is 2.22 bits per heavy atom.